The van der Waals surface area contributed by atoms with Crippen molar-refractivity contribution in [1.29, 1.82) is 0 Å². The molecule has 39 heavy (non-hydrogen) atoms. The average molecular weight is 540 g/mol. The molecule has 0 N–H and O–H groups in total. The topological polar surface area (TPSA) is 84.2 Å². The smallest absolute Gasteiger partial charge is 0.453 e. The van der Waals surface area contributed by atoms with Crippen LogP contribution in [0.1, 0.15) is 22.5 Å². The van der Waals surface area contributed by atoms with Gasteiger partial charge in [0.2, 0.25) is 11.2 Å². The number of rotatable bonds is 7. The maximum Gasteiger partial charge on any atom is 0.453 e. The Balaban J connectivity index is 1.64. The average Bonchev–Trinajstić information content (AvgIpc) is 2.90. The van der Waals surface area contributed by atoms with Gasteiger partial charge in [-0.3, -0.25) is 4.79 Å². The standard InChI is InChI=1S/C29H23F3O7/c1-16-5-6-17(2)22(13-16)38-27-26(34)20-10-9-19(15-23(20)39-28(27)29(30,31)32)37-25(33)12-8-18-7-11-21(35-3)24(14-18)36-4/h5-15H,1-4H3/b12-8+. The molecule has 0 bridgehead atoms. The molecule has 4 rings (SSSR count). The zero-order valence-electron chi connectivity index (χ0n) is 21.3. The minimum absolute atomic E-state index is 0.0963. The van der Waals surface area contributed by atoms with Crippen LogP contribution in [0.4, 0.5) is 13.2 Å². The molecule has 202 valence electrons. The van der Waals surface area contributed by atoms with Crippen LogP contribution in [0, 0.1) is 13.8 Å². The van der Waals surface area contributed by atoms with E-state index < -0.39 is 34.7 Å². The molecule has 0 amide bonds. The molecule has 0 spiro atoms. The first-order valence-corrected chi connectivity index (χ1v) is 11.5. The lowest BCUT2D eigenvalue weighted by Gasteiger charge is -2.15. The van der Waals surface area contributed by atoms with Crippen molar-refractivity contribution < 1.29 is 41.3 Å². The van der Waals surface area contributed by atoms with Crippen molar-refractivity contribution in [3.63, 3.8) is 0 Å². The number of carbonyl (C=O) groups is 1. The molecule has 7 nitrogen and oxygen atoms in total. The van der Waals surface area contributed by atoms with Crippen LogP contribution in [0.3, 0.4) is 0 Å². The van der Waals surface area contributed by atoms with Crippen molar-refractivity contribution in [3.8, 4) is 28.7 Å². The number of methoxy groups -OCH3 is 2. The van der Waals surface area contributed by atoms with Gasteiger partial charge in [-0.25, -0.2) is 4.79 Å². The van der Waals surface area contributed by atoms with Gasteiger partial charge >= 0.3 is 12.1 Å². The molecule has 1 aromatic heterocycles. The first-order valence-electron chi connectivity index (χ1n) is 11.5. The van der Waals surface area contributed by atoms with Crippen LogP contribution in [-0.4, -0.2) is 20.2 Å². The number of carbonyl (C=O) groups excluding carboxylic acids is 1. The Labute approximate surface area is 221 Å². The van der Waals surface area contributed by atoms with Gasteiger partial charge in [0, 0.05) is 12.1 Å². The molecule has 0 saturated carbocycles. The summed E-state index contributed by atoms with van der Waals surface area (Å²) in [5.74, 6) is -2.45. The summed E-state index contributed by atoms with van der Waals surface area (Å²) < 4.78 is 67.8. The van der Waals surface area contributed by atoms with Gasteiger partial charge in [-0.1, -0.05) is 18.2 Å². The second-order valence-corrected chi connectivity index (χ2v) is 8.49. The third-order valence-electron chi connectivity index (χ3n) is 5.67. The zero-order valence-corrected chi connectivity index (χ0v) is 21.3. The maximum absolute atomic E-state index is 13.9. The lowest BCUT2D eigenvalue weighted by Crippen LogP contribution is -2.16. The summed E-state index contributed by atoms with van der Waals surface area (Å²) >= 11 is 0. The quantitative estimate of drug-likeness (QED) is 0.144. The van der Waals surface area contributed by atoms with Crippen LogP contribution in [0.2, 0.25) is 0 Å². The number of halogens is 3. The van der Waals surface area contributed by atoms with Gasteiger partial charge < -0.3 is 23.4 Å². The van der Waals surface area contributed by atoms with Gasteiger partial charge in [-0.2, -0.15) is 13.2 Å². The third-order valence-corrected chi connectivity index (χ3v) is 5.67. The van der Waals surface area contributed by atoms with E-state index in [0.717, 1.165) is 17.7 Å². The molecule has 0 aliphatic rings. The number of benzene rings is 3. The van der Waals surface area contributed by atoms with Crippen LogP contribution in [0.15, 0.2) is 69.9 Å². The monoisotopic (exact) mass is 540 g/mol. The van der Waals surface area contributed by atoms with Crippen LogP contribution >= 0.6 is 0 Å². The van der Waals surface area contributed by atoms with Gasteiger partial charge in [0.05, 0.1) is 19.6 Å². The van der Waals surface area contributed by atoms with E-state index in [1.165, 1.54) is 38.5 Å². The number of hydrogen-bond acceptors (Lipinski definition) is 7. The van der Waals surface area contributed by atoms with Crippen molar-refractivity contribution in [3.05, 3.63) is 93.3 Å². The van der Waals surface area contributed by atoms with Gasteiger partial charge in [0.15, 0.2) is 11.5 Å². The Morgan fingerprint density at radius 3 is 2.33 bits per heavy atom. The van der Waals surface area contributed by atoms with E-state index in [9.17, 15) is 22.8 Å². The molecule has 4 aromatic rings. The highest BCUT2D eigenvalue weighted by atomic mass is 19.4. The fourth-order valence-corrected chi connectivity index (χ4v) is 3.70. The van der Waals surface area contributed by atoms with Gasteiger partial charge in [-0.05, 0) is 66.9 Å². The molecule has 1 heterocycles. The number of fused-ring (bicyclic) bond motifs is 1. The molecular formula is C29H23F3O7. The highest BCUT2D eigenvalue weighted by Crippen LogP contribution is 2.39. The van der Waals surface area contributed by atoms with E-state index in [-0.39, 0.29) is 16.9 Å². The Morgan fingerprint density at radius 2 is 1.64 bits per heavy atom. The minimum Gasteiger partial charge on any atom is -0.493 e. The zero-order chi connectivity index (χ0) is 28.3. The normalized spacial score (nSPS) is 11.6. The van der Waals surface area contributed by atoms with Crippen LogP contribution in [0.25, 0.3) is 17.0 Å². The minimum atomic E-state index is -5.03. The summed E-state index contributed by atoms with van der Waals surface area (Å²) in [6.07, 6.45) is -2.44. The van der Waals surface area contributed by atoms with E-state index in [1.807, 2.05) is 0 Å². The van der Waals surface area contributed by atoms with E-state index in [2.05, 4.69) is 0 Å². The second-order valence-electron chi connectivity index (χ2n) is 8.49. The molecule has 0 fully saturated rings. The number of hydrogen-bond donors (Lipinski definition) is 0. The molecule has 3 aromatic carbocycles. The summed E-state index contributed by atoms with van der Waals surface area (Å²) in [6.45, 7) is 3.39. The third kappa shape index (κ3) is 6.06. The molecule has 0 aliphatic carbocycles. The number of ether oxygens (including phenoxy) is 4. The molecule has 0 radical (unpaired) electrons. The van der Waals surface area contributed by atoms with Crippen molar-refractivity contribution in [1.82, 2.24) is 0 Å². The molecule has 0 atom stereocenters. The molecular weight excluding hydrogens is 517 g/mol. The highest BCUT2D eigenvalue weighted by molar-refractivity contribution is 5.89. The van der Waals surface area contributed by atoms with Gasteiger partial charge in [0.25, 0.3) is 5.76 Å². The van der Waals surface area contributed by atoms with E-state index in [0.29, 0.717) is 22.6 Å². The highest BCUT2D eigenvalue weighted by Gasteiger charge is 2.40. The van der Waals surface area contributed by atoms with E-state index in [4.69, 9.17) is 23.4 Å². The Morgan fingerprint density at radius 1 is 0.897 bits per heavy atom. The van der Waals surface area contributed by atoms with Gasteiger partial charge in [-0.15, -0.1) is 0 Å². The SMILES string of the molecule is COc1ccc(/C=C/C(=O)Oc2ccc3c(=O)c(Oc4cc(C)ccc4C)c(C(F)(F)F)oc3c2)cc1OC. The predicted octanol–water partition coefficient (Wildman–Crippen LogP) is 6.86. The van der Waals surface area contributed by atoms with Gasteiger partial charge in [0.1, 0.15) is 17.1 Å². The lowest BCUT2D eigenvalue weighted by atomic mass is 10.1. The Hall–Kier alpha value is -4.73. The summed E-state index contributed by atoms with van der Waals surface area (Å²) in [4.78, 5) is 25.4. The van der Waals surface area contributed by atoms with E-state index in [1.54, 1.807) is 44.2 Å². The predicted molar refractivity (Wildman–Crippen MR) is 138 cm³/mol. The summed E-state index contributed by atoms with van der Waals surface area (Å²) in [5.41, 5.74) is 0.448. The number of esters is 1. The van der Waals surface area contributed by atoms with Crippen LogP contribution < -0.4 is 24.4 Å². The molecule has 0 unspecified atom stereocenters. The lowest BCUT2D eigenvalue weighted by molar-refractivity contribution is -0.154. The fraction of sp³-hybridized carbons (Fsp3) is 0.172. The Kier molecular flexibility index (Phi) is 7.66. The molecule has 0 saturated heterocycles. The molecule has 10 heteroatoms. The van der Waals surface area contributed by atoms with Crippen molar-refractivity contribution in [2.45, 2.75) is 20.0 Å². The van der Waals surface area contributed by atoms with Crippen LogP contribution in [0.5, 0.6) is 28.7 Å². The summed E-state index contributed by atoms with van der Waals surface area (Å²) in [6, 6.07) is 13.5. The Bertz CT molecular complexity index is 1630. The molecule has 0 aliphatic heterocycles. The second kappa shape index (κ2) is 10.9. The largest absolute Gasteiger partial charge is 0.493 e. The van der Waals surface area contributed by atoms with Crippen molar-refractivity contribution in [2.75, 3.05) is 14.2 Å². The maximum atomic E-state index is 13.9. The number of alkyl halides is 3. The van der Waals surface area contributed by atoms with E-state index >= 15 is 0 Å². The summed E-state index contributed by atoms with van der Waals surface area (Å²) in [5, 5.41) is -0.177. The fourth-order valence-electron chi connectivity index (χ4n) is 3.70. The summed E-state index contributed by atoms with van der Waals surface area (Å²) in [7, 11) is 2.97. The van der Waals surface area contributed by atoms with Crippen molar-refractivity contribution >= 4 is 23.0 Å². The first kappa shape index (κ1) is 27.3. The van der Waals surface area contributed by atoms with Crippen molar-refractivity contribution in [2.24, 2.45) is 0 Å². The number of aryl methyl sites for hydroxylation is 2. The first-order chi connectivity index (χ1) is 18.5. The van der Waals surface area contributed by atoms with Crippen LogP contribution in [-0.2, 0) is 11.0 Å².